The molecule has 0 atom stereocenters. The van der Waals surface area contributed by atoms with E-state index in [4.69, 9.17) is 0 Å². The van der Waals surface area contributed by atoms with Crippen LogP contribution in [0.4, 0.5) is 15.8 Å². The van der Waals surface area contributed by atoms with E-state index in [1.54, 1.807) is 0 Å². The molecule has 16 heavy (non-hydrogen) atoms. The van der Waals surface area contributed by atoms with Gasteiger partial charge in [-0.1, -0.05) is 0 Å². The Labute approximate surface area is 100 Å². The van der Waals surface area contributed by atoms with E-state index in [9.17, 15) is 14.5 Å². The lowest BCUT2D eigenvalue weighted by atomic mass is 10.2. The molecule has 1 aromatic rings. The third-order valence-corrected chi connectivity index (χ3v) is 3.27. The molecule has 0 unspecified atom stereocenters. The van der Waals surface area contributed by atoms with Crippen LogP contribution < -0.4 is 4.90 Å². The van der Waals surface area contributed by atoms with Crippen molar-refractivity contribution < 1.29 is 9.31 Å². The fourth-order valence-corrected chi connectivity index (χ4v) is 2.21. The minimum atomic E-state index is -0.602. The van der Waals surface area contributed by atoms with Crippen molar-refractivity contribution in [2.24, 2.45) is 0 Å². The summed E-state index contributed by atoms with van der Waals surface area (Å²) in [6, 6.07) is 2.45. The fourth-order valence-electron chi connectivity index (χ4n) is 1.88. The van der Waals surface area contributed by atoms with Gasteiger partial charge in [-0.2, -0.15) is 0 Å². The second-order valence-corrected chi connectivity index (χ2v) is 4.56. The Morgan fingerprint density at radius 1 is 1.38 bits per heavy atom. The van der Waals surface area contributed by atoms with Crippen molar-refractivity contribution in [2.75, 3.05) is 18.0 Å². The molecule has 4 nitrogen and oxygen atoms in total. The summed E-state index contributed by atoms with van der Waals surface area (Å²) in [6.45, 7) is 1.58. The van der Waals surface area contributed by atoms with Gasteiger partial charge in [0.05, 0.1) is 15.5 Å². The molecule has 1 heterocycles. The summed E-state index contributed by atoms with van der Waals surface area (Å²) in [6.07, 6.45) is 2.04. The number of benzene rings is 1. The number of hydrogen-bond acceptors (Lipinski definition) is 3. The van der Waals surface area contributed by atoms with E-state index >= 15 is 0 Å². The van der Waals surface area contributed by atoms with Crippen LogP contribution >= 0.6 is 15.9 Å². The highest BCUT2D eigenvalue weighted by Gasteiger charge is 2.24. The number of halogens is 2. The first-order valence-electron chi connectivity index (χ1n) is 4.98. The lowest BCUT2D eigenvalue weighted by molar-refractivity contribution is -0.384. The maximum atomic E-state index is 13.2. The number of anilines is 1. The van der Waals surface area contributed by atoms with Crippen LogP contribution in [0.5, 0.6) is 0 Å². The summed E-state index contributed by atoms with van der Waals surface area (Å²) in [5.41, 5.74) is 0.332. The van der Waals surface area contributed by atoms with E-state index in [2.05, 4.69) is 15.9 Å². The second kappa shape index (κ2) is 4.37. The molecule has 0 saturated carbocycles. The molecule has 0 spiro atoms. The molecule has 0 radical (unpaired) electrons. The van der Waals surface area contributed by atoms with Crippen molar-refractivity contribution in [1.82, 2.24) is 0 Å². The zero-order valence-corrected chi connectivity index (χ0v) is 10.0. The Morgan fingerprint density at radius 2 is 2.00 bits per heavy atom. The van der Waals surface area contributed by atoms with Gasteiger partial charge in [-0.15, -0.1) is 0 Å². The van der Waals surface area contributed by atoms with Gasteiger partial charge in [0, 0.05) is 13.1 Å². The summed E-state index contributed by atoms with van der Waals surface area (Å²) in [7, 11) is 0. The molecule has 1 aromatic carbocycles. The molecule has 0 aliphatic carbocycles. The van der Waals surface area contributed by atoms with E-state index in [-0.39, 0.29) is 10.2 Å². The van der Waals surface area contributed by atoms with Gasteiger partial charge in [-0.25, -0.2) is 4.39 Å². The van der Waals surface area contributed by atoms with Crippen LogP contribution in [0.1, 0.15) is 12.8 Å². The van der Waals surface area contributed by atoms with E-state index in [1.165, 1.54) is 6.07 Å². The van der Waals surface area contributed by atoms with Gasteiger partial charge in [0.15, 0.2) is 0 Å². The number of nitrogens with zero attached hydrogens (tertiary/aromatic N) is 2. The van der Waals surface area contributed by atoms with Crippen LogP contribution in [0.25, 0.3) is 0 Å². The first kappa shape index (κ1) is 11.3. The van der Waals surface area contributed by atoms with Crippen molar-refractivity contribution in [2.45, 2.75) is 12.8 Å². The van der Waals surface area contributed by atoms with Crippen molar-refractivity contribution in [1.29, 1.82) is 0 Å². The maximum absolute atomic E-state index is 13.2. The van der Waals surface area contributed by atoms with Crippen molar-refractivity contribution >= 4 is 27.3 Å². The van der Waals surface area contributed by atoms with Gasteiger partial charge in [0.25, 0.3) is 5.69 Å². The molecule has 1 aliphatic heterocycles. The van der Waals surface area contributed by atoms with Crippen molar-refractivity contribution in [3.8, 4) is 0 Å². The molecular formula is C10H10BrFN2O2. The fraction of sp³-hybridized carbons (Fsp3) is 0.400. The van der Waals surface area contributed by atoms with Crippen LogP contribution in [0.15, 0.2) is 16.6 Å². The van der Waals surface area contributed by atoms with E-state index in [0.29, 0.717) is 5.69 Å². The molecule has 1 fully saturated rings. The first-order valence-corrected chi connectivity index (χ1v) is 5.77. The van der Waals surface area contributed by atoms with Crippen molar-refractivity contribution in [3.63, 3.8) is 0 Å². The molecule has 2 rings (SSSR count). The second-order valence-electron chi connectivity index (χ2n) is 3.71. The lowest BCUT2D eigenvalue weighted by Gasteiger charge is -2.17. The molecule has 0 N–H and O–H groups in total. The lowest BCUT2D eigenvalue weighted by Crippen LogP contribution is -2.19. The third kappa shape index (κ3) is 2.02. The Morgan fingerprint density at radius 3 is 2.56 bits per heavy atom. The molecule has 6 heteroatoms. The summed E-state index contributed by atoms with van der Waals surface area (Å²) in [5, 5.41) is 10.8. The molecule has 0 bridgehead atoms. The average molecular weight is 289 g/mol. The predicted molar refractivity (Wildman–Crippen MR) is 62.2 cm³/mol. The minimum Gasteiger partial charge on any atom is -0.366 e. The average Bonchev–Trinajstić information content (AvgIpc) is 2.74. The minimum absolute atomic E-state index is 0.164. The van der Waals surface area contributed by atoms with Gasteiger partial charge in [0.1, 0.15) is 11.5 Å². The Balaban J connectivity index is 2.48. The largest absolute Gasteiger partial charge is 0.366 e. The normalized spacial score (nSPS) is 15.5. The van der Waals surface area contributed by atoms with Gasteiger partial charge in [0.2, 0.25) is 0 Å². The summed E-state index contributed by atoms with van der Waals surface area (Å²) >= 11 is 3.05. The summed E-state index contributed by atoms with van der Waals surface area (Å²) in [4.78, 5) is 12.2. The molecule has 0 aromatic heterocycles. The zero-order chi connectivity index (χ0) is 11.7. The van der Waals surface area contributed by atoms with Crippen LogP contribution in [-0.2, 0) is 0 Å². The van der Waals surface area contributed by atoms with Gasteiger partial charge in [-0.05, 0) is 34.8 Å². The van der Waals surface area contributed by atoms with Gasteiger partial charge >= 0.3 is 0 Å². The van der Waals surface area contributed by atoms with Crippen LogP contribution in [-0.4, -0.2) is 18.0 Å². The van der Waals surface area contributed by atoms with E-state index in [1.807, 2.05) is 4.90 Å². The summed E-state index contributed by atoms with van der Waals surface area (Å²) < 4.78 is 13.5. The number of rotatable bonds is 2. The monoisotopic (exact) mass is 288 g/mol. The van der Waals surface area contributed by atoms with Gasteiger partial charge in [-0.3, -0.25) is 10.1 Å². The predicted octanol–water partition coefficient (Wildman–Crippen LogP) is 3.10. The van der Waals surface area contributed by atoms with E-state index < -0.39 is 10.7 Å². The maximum Gasteiger partial charge on any atom is 0.295 e. The van der Waals surface area contributed by atoms with Gasteiger partial charge < -0.3 is 4.90 Å². The third-order valence-electron chi connectivity index (χ3n) is 2.66. The molecular weight excluding hydrogens is 279 g/mol. The number of nitro groups is 1. The Kier molecular flexibility index (Phi) is 3.09. The number of nitro benzene ring substituents is 1. The van der Waals surface area contributed by atoms with E-state index in [0.717, 1.165) is 32.0 Å². The van der Waals surface area contributed by atoms with Crippen LogP contribution in [0.2, 0.25) is 0 Å². The SMILES string of the molecule is O=[N+]([O-])c1cc(F)c(Br)cc1N1CCCC1. The topological polar surface area (TPSA) is 46.4 Å². The molecule has 0 amide bonds. The first-order chi connectivity index (χ1) is 7.59. The molecule has 1 saturated heterocycles. The summed E-state index contributed by atoms with van der Waals surface area (Å²) in [5.74, 6) is -0.602. The molecule has 86 valence electrons. The zero-order valence-electron chi connectivity index (χ0n) is 8.45. The highest BCUT2D eigenvalue weighted by molar-refractivity contribution is 9.10. The highest BCUT2D eigenvalue weighted by Crippen LogP contribution is 2.34. The van der Waals surface area contributed by atoms with Crippen LogP contribution in [0.3, 0.4) is 0 Å². The Bertz CT molecular complexity index is 433. The quantitative estimate of drug-likeness (QED) is 0.621. The Hall–Kier alpha value is -1.17. The van der Waals surface area contributed by atoms with Crippen LogP contribution in [0, 0.1) is 15.9 Å². The smallest absolute Gasteiger partial charge is 0.295 e. The molecule has 1 aliphatic rings. The number of hydrogen-bond donors (Lipinski definition) is 0. The standard InChI is InChI=1S/C10H10BrFN2O2/c11-7-5-9(13-3-1-2-4-13)10(14(15)16)6-8(7)12/h5-6H,1-4H2. The highest BCUT2D eigenvalue weighted by atomic mass is 79.9. The van der Waals surface area contributed by atoms with Crippen molar-refractivity contribution in [3.05, 3.63) is 32.5 Å².